The molecule has 0 aromatic carbocycles. The van der Waals surface area contributed by atoms with E-state index in [0.717, 1.165) is 0 Å². The number of hydrogen-bond donors (Lipinski definition) is 3. The third kappa shape index (κ3) is 6.91. The summed E-state index contributed by atoms with van der Waals surface area (Å²) in [5, 5.41) is 4.68. The molecule has 22 heavy (non-hydrogen) atoms. The summed E-state index contributed by atoms with van der Waals surface area (Å²) in [6, 6.07) is -0.735. The summed E-state index contributed by atoms with van der Waals surface area (Å²) in [4.78, 5) is 47.3. The molecule has 0 saturated carbocycles. The lowest BCUT2D eigenvalue weighted by Gasteiger charge is -2.29. The molecule has 0 fully saturated rings. The highest BCUT2D eigenvalue weighted by molar-refractivity contribution is 5.91. The predicted molar refractivity (Wildman–Crippen MR) is 78.7 cm³/mol. The average molecular weight is 316 g/mol. The van der Waals surface area contributed by atoms with E-state index < -0.39 is 29.9 Å². The van der Waals surface area contributed by atoms with Gasteiger partial charge in [0, 0.05) is 6.54 Å². The van der Waals surface area contributed by atoms with Gasteiger partial charge in [0.25, 0.3) is 0 Å². The predicted octanol–water partition coefficient (Wildman–Crippen LogP) is -1.04. The van der Waals surface area contributed by atoms with E-state index in [4.69, 9.17) is 5.73 Å². The molecule has 0 aliphatic rings. The Kier molecular flexibility index (Phi) is 9.31. The Balaban J connectivity index is 4.66. The van der Waals surface area contributed by atoms with E-state index in [9.17, 15) is 19.2 Å². The Hall–Kier alpha value is -2.32. The largest absolute Gasteiger partial charge is 0.450 e. The Morgan fingerprint density at radius 3 is 2.18 bits per heavy atom. The van der Waals surface area contributed by atoms with Gasteiger partial charge in [-0.1, -0.05) is 6.92 Å². The second-order valence-corrected chi connectivity index (χ2v) is 4.36. The van der Waals surface area contributed by atoms with Gasteiger partial charge in [-0.3, -0.25) is 14.4 Å². The van der Waals surface area contributed by atoms with Gasteiger partial charge in [0.1, 0.15) is 12.6 Å². The highest BCUT2D eigenvalue weighted by Gasteiger charge is 2.27. The molecule has 0 rings (SSSR count). The van der Waals surface area contributed by atoms with Gasteiger partial charge in [0.2, 0.25) is 17.7 Å². The lowest BCUT2D eigenvalue weighted by molar-refractivity contribution is -0.140. The van der Waals surface area contributed by atoms with E-state index in [1.54, 1.807) is 20.8 Å². The molecule has 0 bridgehead atoms. The highest BCUT2D eigenvalue weighted by atomic mass is 16.5. The van der Waals surface area contributed by atoms with Crippen LogP contribution in [0.25, 0.3) is 0 Å². The molecule has 126 valence electrons. The van der Waals surface area contributed by atoms with Crippen LogP contribution in [-0.4, -0.2) is 61.0 Å². The summed E-state index contributed by atoms with van der Waals surface area (Å²) < 4.78 is 4.65. The number of alkyl carbamates (subject to hydrolysis) is 1. The SMILES string of the molecule is CCOC(=O)NCC(=O)N(CC)[C@@H](CC)C(=O)NCC(N)=O. The second kappa shape index (κ2) is 10.4. The lowest BCUT2D eigenvalue weighted by atomic mass is 10.1. The minimum atomic E-state index is -0.735. The van der Waals surface area contributed by atoms with Crippen molar-refractivity contribution >= 4 is 23.8 Å². The molecule has 0 aromatic rings. The molecule has 4 amide bonds. The number of ether oxygens (including phenoxy) is 1. The van der Waals surface area contributed by atoms with Gasteiger partial charge < -0.3 is 26.0 Å². The fourth-order valence-corrected chi connectivity index (χ4v) is 1.84. The normalized spacial score (nSPS) is 11.2. The topological polar surface area (TPSA) is 131 Å². The maximum atomic E-state index is 12.1. The van der Waals surface area contributed by atoms with Crippen molar-refractivity contribution in [2.45, 2.75) is 33.2 Å². The van der Waals surface area contributed by atoms with Gasteiger partial charge in [-0.25, -0.2) is 4.79 Å². The van der Waals surface area contributed by atoms with Crippen LogP contribution in [0, 0.1) is 0 Å². The number of carbonyl (C=O) groups is 4. The van der Waals surface area contributed by atoms with Crippen LogP contribution in [0.3, 0.4) is 0 Å². The van der Waals surface area contributed by atoms with Crippen LogP contribution in [-0.2, 0) is 19.1 Å². The molecule has 9 heteroatoms. The summed E-state index contributed by atoms with van der Waals surface area (Å²) in [6.45, 7) is 5.02. The van der Waals surface area contributed by atoms with Gasteiger partial charge in [0.05, 0.1) is 13.2 Å². The first-order valence-electron chi connectivity index (χ1n) is 7.13. The highest BCUT2D eigenvalue weighted by Crippen LogP contribution is 2.05. The fraction of sp³-hybridized carbons (Fsp3) is 0.692. The molecule has 9 nitrogen and oxygen atoms in total. The number of nitrogens with two attached hydrogens (primary N) is 1. The smallest absolute Gasteiger partial charge is 0.407 e. The summed E-state index contributed by atoms with van der Waals surface area (Å²) in [6.07, 6.45) is -0.332. The molecule has 0 radical (unpaired) electrons. The molecular formula is C13H24N4O5. The third-order valence-electron chi connectivity index (χ3n) is 2.82. The van der Waals surface area contributed by atoms with Crippen LogP contribution < -0.4 is 16.4 Å². The number of nitrogens with one attached hydrogen (secondary N) is 2. The van der Waals surface area contributed by atoms with Crippen molar-refractivity contribution in [1.82, 2.24) is 15.5 Å². The number of carbonyl (C=O) groups excluding carboxylic acids is 4. The zero-order valence-corrected chi connectivity index (χ0v) is 13.2. The molecule has 4 N–H and O–H groups in total. The molecular weight excluding hydrogens is 292 g/mol. The minimum Gasteiger partial charge on any atom is -0.450 e. The standard InChI is InChI=1S/C13H24N4O5/c1-4-9(12(20)15-7-10(14)18)17(5-2)11(19)8-16-13(21)22-6-3/h9H,4-8H2,1-3H3,(H2,14,18)(H,15,20)(H,16,21)/t9-/m0/s1. The quantitative estimate of drug-likeness (QED) is 0.500. The molecule has 1 atom stereocenters. The summed E-state index contributed by atoms with van der Waals surface area (Å²) in [7, 11) is 0. The van der Waals surface area contributed by atoms with Crippen LogP contribution in [0.5, 0.6) is 0 Å². The van der Waals surface area contributed by atoms with Gasteiger partial charge >= 0.3 is 6.09 Å². The maximum Gasteiger partial charge on any atom is 0.407 e. The van der Waals surface area contributed by atoms with Crippen LogP contribution in [0.15, 0.2) is 0 Å². The summed E-state index contributed by atoms with van der Waals surface area (Å²) in [5.41, 5.74) is 4.96. The first-order valence-corrected chi connectivity index (χ1v) is 7.13. The second-order valence-electron chi connectivity index (χ2n) is 4.36. The molecule has 0 heterocycles. The minimum absolute atomic E-state index is 0.199. The van der Waals surface area contributed by atoms with Gasteiger partial charge in [-0.05, 0) is 20.3 Å². The Morgan fingerprint density at radius 2 is 1.73 bits per heavy atom. The van der Waals surface area contributed by atoms with Crippen molar-refractivity contribution in [2.75, 3.05) is 26.2 Å². The fourth-order valence-electron chi connectivity index (χ4n) is 1.84. The van der Waals surface area contributed by atoms with E-state index in [1.807, 2.05) is 0 Å². The first-order chi connectivity index (χ1) is 10.4. The van der Waals surface area contributed by atoms with Crippen LogP contribution in [0.4, 0.5) is 4.79 Å². The number of hydrogen-bond acceptors (Lipinski definition) is 5. The third-order valence-corrected chi connectivity index (χ3v) is 2.82. The van der Waals surface area contributed by atoms with Crippen molar-refractivity contribution < 1.29 is 23.9 Å². The Bertz CT molecular complexity index is 413. The summed E-state index contributed by atoms with van der Waals surface area (Å²) >= 11 is 0. The average Bonchev–Trinajstić information content (AvgIpc) is 2.47. The van der Waals surface area contributed by atoms with Crippen LogP contribution in [0.2, 0.25) is 0 Å². The molecule has 0 spiro atoms. The monoisotopic (exact) mass is 316 g/mol. The number of primary amides is 1. The van der Waals surface area contributed by atoms with Crippen molar-refractivity contribution in [2.24, 2.45) is 5.73 Å². The number of likely N-dealkylation sites (N-methyl/N-ethyl adjacent to an activating group) is 1. The number of amides is 4. The van der Waals surface area contributed by atoms with Crippen LogP contribution >= 0.6 is 0 Å². The van der Waals surface area contributed by atoms with Crippen LogP contribution in [0.1, 0.15) is 27.2 Å². The van der Waals surface area contributed by atoms with Gasteiger partial charge in [0.15, 0.2) is 0 Å². The number of rotatable bonds is 9. The molecule has 0 aliphatic carbocycles. The zero-order chi connectivity index (χ0) is 17.1. The Morgan fingerprint density at radius 1 is 1.09 bits per heavy atom. The van der Waals surface area contributed by atoms with E-state index in [-0.39, 0.29) is 26.2 Å². The van der Waals surface area contributed by atoms with E-state index in [1.165, 1.54) is 4.90 Å². The molecule has 0 unspecified atom stereocenters. The Labute approximate surface area is 129 Å². The van der Waals surface area contributed by atoms with E-state index in [2.05, 4.69) is 15.4 Å². The first kappa shape index (κ1) is 19.7. The van der Waals surface area contributed by atoms with Gasteiger partial charge in [-0.15, -0.1) is 0 Å². The van der Waals surface area contributed by atoms with Crippen molar-refractivity contribution in [3.63, 3.8) is 0 Å². The van der Waals surface area contributed by atoms with Gasteiger partial charge in [-0.2, -0.15) is 0 Å². The zero-order valence-electron chi connectivity index (χ0n) is 13.2. The number of nitrogens with zero attached hydrogens (tertiary/aromatic N) is 1. The molecule has 0 saturated heterocycles. The summed E-state index contributed by atoms with van der Waals surface area (Å²) in [5.74, 6) is -1.55. The maximum absolute atomic E-state index is 12.1. The van der Waals surface area contributed by atoms with Crippen molar-refractivity contribution in [3.8, 4) is 0 Å². The lowest BCUT2D eigenvalue weighted by Crippen LogP contribution is -2.52. The van der Waals surface area contributed by atoms with Crippen molar-refractivity contribution in [1.29, 1.82) is 0 Å². The molecule has 0 aliphatic heterocycles. The van der Waals surface area contributed by atoms with Crippen molar-refractivity contribution in [3.05, 3.63) is 0 Å². The molecule has 0 aromatic heterocycles. The van der Waals surface area contributed by atoms with E-state index in [0.29, 0.717) is 6.42 Å². The van der Waals surface area contributed by atoms with E-state index >= 15 is 0 Å².